The van der Waals surface area contributed by atoms with Crippen molar-refractivity contribution in [2.24, 2.45) is 0 Å². The average molecular weight is 255 g/mol. The van der Waals surface area contributed by atoms with Gasteiger partial charge in [-0.05, 0) is 20.3 Å². The standard InChI is InChI=1S/C13H21NO4/c1-7-13(8-2,17-6)12(16)14-10(5)18-11(15)9(3)4/h7,10H,1,3,8H2,2,4-6H3,(H,14,16). The number of methoxy groups -OCH3 is 1. The molecule has 1 N–H and O–H groups in total. The van der Waals surface area contributed by atoms with Crippen LogP contribution in [0, 0.1) is 0 Å². The van der Waals surface area contributed by atoms with Crippen LogP contribution in [0.3, 0.4) is 0 Å². The van der Waals surface area contributed by atoms with Crippen LogP contribution >= 0.6 is 0 Å². The molecule has 0 aromatic rings. The molecule has 102 valence electrons. The Labute approximate surface area is 108 Å². The summed E-state index contributed by atoms with van der Waals surface area (Å²) in [7, 11) is 1.43. The van der Waals surface area contributed by atoms with E-state index in [4.69, 9.17) is 9.47 Å². The Kier molecular flexibility index (Phi) is 6.33. The highest BCUT2D eigenvalue weighted by Gasteiger charge is 2.34. The van der Waals surface area contributed by atoms with Gasteiger partial charge in [0.25, 0.3) is 5.91 Å². The summed E-state index contributed by atoms with van der Waals surface area (Å²) in [5.74, 6) is -0.953. The number of ether oxygens (including phenoxy) is 2. The topological polar surface area (TPSA) is 64.6 Å². The van der Waals surface area contributed by atoms with Gasteiger partial charge in [0.1, 0.15) is 0 Å². The highest BCUT2D eigenvalue weighted by molar-refractivity contribution is 5.89. The maximum atomic E-state index is 12.0. The highest BCUT2D eigenvalue weighted by atomic mass is 16.6. The van der Waals surface area contributed by atoms with Gasteiger partial charge in [0.15, 0.2) is 11.8 Å². The first-order chi connectivity index (χ1) is 8.32. The summed E-state index contributed by atoms with van der Waals surface area (Å²) in [5, 5.41) is 2.54. The molecular weight excluding hydrogens is 234 g/mol. The molecule has 0 aromatic heterocycles. The molecule has 0 heterocycles. The minimum Gasteiger partial charge on any atom is -0.439 e. The van der Waals surface area contributed by atoms with Gasteiger partial charge in [-0.15, -0.1) is 0 Å². The molecule has 0 saturated heterocycles. The number of hydrogen-bond acceptors (Lipinski definition) is 4. The summed E-state index contributed by atoms with van der Waals surface area (Å²) in [5.41, 5.74) is -0.836. The molecular formula is C13H21NO4. The van der Waals surface area contributed by atoms with Crippen LogP contribution in [-0.4, -0.2) is 30.8 Å². The SMILES string of the molecule is C=CC(CC)(OC)C(=O)NC(C)OC(=O)C(=C)C. The molecule has 0 saturated carbocycles. The number of hydrogen-bond donors (Lipinski definition) is 1. The fourth-order valence-electron chi connectivity index (χ4n) is 1.32. The molecule has 18 heavy (non-hydrogen) atoms. The lowest BCUT2D eigenvalue weighted by atomic mass is 9.99. The van der Waals surface area contributed by atoms with Crippen molar-refractivity contribution in [1.82, 2.24) is 5.32 Å². The van der Waals surface area contributed by atoms with E-state index in [0.717, 1.165) is 0 Å². The molecule has 2 atom stereocenters. The van der Waals surface area contributed by atoms with Gasteiger partial charge < -0.3 is 14.8 Å². The van der Waals surface area contributed by atoms with Crippen LogP contribution in [0.1, 0.15) is 27.2 Å². The molecule has 0 rings (SSSR count). The summed E-state index contributed by atoms with van der Waals surface area (Å²) in [6, 6.07) is 0. The van der Waals surface area contributed by atoms with Crippen molar-refractivity contribution >= 4 is 11.9 Å². The number of carbonyl (C=O) groups excluding carboxylic acids is 2. The molecule has 2 unspecified atom stereocenters. The van der Waals surface area contributed by atoms with Crippen molar-refractivity contribution in [1.29, 1.82) is 0 Å². The first-order valence-electron chi connectivity index (χ1n) is 5.69. The highest BCUT2D eigenvalue weighted by Crippen LogP contribution is 2.16. The maximum absolute atomic E-state index is 12.0. The fraction of sp³-hybridized carbons (Fsp3) is 0.538. The molecule has 0 aromatic carbocycles. The molecule has 5 heteroatoms. The van der Waals surface area contributed by atoms with E-state index in [2.05, 4.69) is 18.5 Å². The molecule has 0 aliphatic heterocycles. The van der Waals surface area contributed by atoms with Gasteiger partial charge in [-0.1, -0.05) is 26.2 Å². The molecule has 1 amide bonds. The van der Waals surface area contributed by atoms with Gasteiger partial charge in [0.05, 0.1) is 0 Å². The van der Waals surface area contributed by atoms with E-state index in [0.29, 0.717) is 6.42 Å². The van der Waals surface area contributed by atoms with Crippen LogP contribution < -0.4 is 5.32 Å². The Morgan fingerprint density at radius 1 is 1.50 bits per heavy atom. The maximum Gasteiger partial charge on any atom is 0.335 e. The quantitative estimate of drug-likeness (QED) is 0.324. The summed E-state index contributed by atoms with van der Waals surface area (Å²) >= 11 is 0. The summed E-state index contributed by atoms with van der Waals surface area (Å²) in [4.78, 5) is 23.3. The largest absolute Gasteiger partial charge is 0.439 e. The first kappa shape index (κ1) is 16.4. The zero-order chi connectivity index (χ0) is 14.3. The summed E-state index contributed by atoms with van der Waals surface area (Å²) in [6.07, 6.45) is 1.10. The normalized spacial score (nSPS) is 15.1. The predicted molar refractivity (Wildman–Crippen MR) is 68.7 cm³/mol. The molecule has 0 fully saturated rings. The van der Waals surface area contributed by atoms with E-state index in [1.165, 1.54) is 20.1 Å². The van der Waals surface area contributed by atoms with Gasteiger partial charge >= 0.3 is 5.97 Å². The first-order valence-corrected chi connectivity index (χ1v) is 5.69. The Bertz CT molecular complexity index is 345. The van der Waals surface area contributed by atoms with Crippen molar-refractivity contribution in [3.63, 3.8) is 0 Å². The minimum atomic E-state index is -1.11. The third-order valence-corrected chi connectivity index (χ3v) is 2.57. The zero-order valence-electron chi connectivity index (χ0n) is 11.4. The van der Waals surface area contributed by atoms with Crippen LogP contribution in [-0.2, 0) is 19.1 Å². The van der Waals surface area contributed by atoms with Gasteiger partial charge in [-0.25, -0.2) is 4.79 Å². The van der Waals surface area contributed by atoms with Crippen LogP contribution in [0.15, 0.2) is 24.8 Å². The van der Waals surface area contributed by atoms with Crippen molar-refractivity contribution < 1.29 is 19.1 Å². The molecule has 5 nitrogen and oxygen atoms in total. The minimum absolute atomic E-state index is 0.272. The second-order valence-electron chi connectivity index (χ2n) is 3.95. The van der Waals surface area contributed by atoms with E-state index in [1.807, 2.05) is 0 Å². The monoisotopic (exact) mass is 255 g/mol. The number of rotatable bonds is 7. The Hall–Kier alpha value is -1.62. The molecule has 0 bridgehead atoms. The van der Waals surface area contributed by atoms with Crippen molar-refractivity contribution in [2.45, 2.75) is 39.0 Å². The van der Waals surface area contributed by atoms with E-state index < -0.39 is 23.7 Å². The Morgan fingerprint density at radius 2 is 2.06 bits per heavy atom. The number of esters is 1. The lowest BCUT2D eigenvalue weighted by molar-refractivity contribution is -0.151. The van der Waals surface area contributed by atoms with Crippen LogP contribution in [0.4, 0.5) is 0 Å². The predicted octanol–water partition coefficient (Wildman–Crippen LogP) is 1.55. The smallest absolute Gasteiger partial charge is 0.335 e. The Morgan fingerprint density at radius 3 is 2.39 bits per heavy atom. The van der Waals surface area contributed by atoms with Gasteiger partial charge in [-0.2, -0.15) is 0 Å². The van der Waals surface area contributed by atoms with Crippen molar-refractivity contribution in [2.75, 3.05) is 7.11 Å². The lowest BCUT2D eigenvalue weighted by Gasteiger charge is -2.28. The number of carbonyl (C=O) groups is 2. The average Bonchev–Trinajstić information content (AvgIpc) is 2.31. The third kappa shape index (κ3) is 4.00. The van der Waals surface area contributed by atoms with Crippen molar-refractivity contribution in [3.05, 3.63) is 24.8 Å². The summed E-state index contributed by atoms with van der Waals surface area (Å²) in [6.45, 7) is 11.9. The zero-order valence-corrected chi connectivity index (χ0v) is 11.4. The molecule has 0 spiro atoms. The number of amides is 1. The van der Waals surface area contributed by atoms with Crippen LogP contribution in [0.5, 0.6) is 0 Å². The molecule has 0 aliphatic rings. The van der Waals surface area contributed by atoms with Crippen LogP contribution in [0.2, 0.25) is 0 Å². The fourth-order valence-corrected chi connectivity index (χ4v) is 1.32. The molecule has 0 aliphatic carbocycles. The van der Waals surface area contributed by atoms with E-state index in [1.54, 1.807) is 13.8 Å². The third-order valence-electron chi connectivity index (χ3n) is 2.57. The molecule has 0 radical (unpaired) electrons. The van der Waals surface area contributed by atoms with E-state index in [9.17, 15) is 9.59 Å². The lowest BCUT2D eigenvalue weighted by Crippen LogP contribution is -2.50. The van der Waals surface area contributed by atoms with Crippen molar-refractivity contribution in [3.8, 4) is 0 Å². The van der Waals surface area contributed by atoms with Gasteiger partial charge in [0.2, 0.25) is 0 Å². The van der Waals surface area contributed by atoms with Gasteiger partial charge in [-0.3, -0.25) is 4.79 Å². The second kappa shape index (κ2) is 6.96. The summed E-state index contributed by atoms with van der Waals surface area (Å²) < 4.78 is 10.1. The van der Waals surface area contributed by atoms with Crippen LogP contribution in [0.25, 0.3) is 0 Å². The Balaban J connectivity index is 4.60. The van der Waals surface area contributed by atoms with Gasteiger partial charge in [0, 0.05) is 12.7 Å². The van der Waals surface area contributed by atoms with E-state index >= 15 is 0 Å². The van der Waals surface area contributed by atoms with E-state index in [-0.39, 0.29) is 5.57 Å². The number of nitrogens with one attached hydrogen (secondary N) is 1. The second-order valence-corrected chi connectivity index (χ2v) is 3.95.